The van der Waals surface area contributed by atoms with Crippen LogP contribution in [0.25, 0.3) is 0 Å². The average molecular weight is 212 g/mol. The van der Waals surface area contributed by atoms with Gasteiger partial charge in [0, 0.05) is 6.04 Å². The van der Waals surface area contributed by atoms with Gasteiger partial charge in [0.25, 0.3) is 0 Å². The van der Waals surface area contributed by atoms with E-state index < -0.39 is 0 Å². The monoisotopic (exact) mass is 212 g/mol. The van der Waals surface area contributed by atoms with E-state index in [4.69, 9.17) is 0 Å². The van der Waals surface area contributed by atoms with Gasteiger partial charge in [0.05, 0.1) is 0 Å². The average Bonchev–Trinajstić information content (AvgIpc) is 2.18. The van der Waals surface area contributed by atoms with E-state index in [0.717, 1.165) is 17.9 Å². The SMILES string of the molecule is CC1CCCC(NCCCN(C)C)C1C. The highest BCUT2D eigenvalue weighted by atomic mass is 15.1. The Hall–Kier alpha value is -0.0800. The van der Waals surface area contributed by atoms with E-state index >= 15 is 0 Å². The van der Waals surface area contributed by atoms with Gasteiger partial charge in [-0.1, -0.05) is 26.7 Å². The van der Waals surface area contributed by atoms with Crippen LogP contribution >= 0.6 is 0 Å². The summed E-state index contributed by atoms with van der Waals surface area (Å²) in [7, 11) is 4.29. The minimum absolute atomic E-state index is 0.774. The Balaban J connectivity index is 2.14. The molecule has 1 aliphatic rings. The van der Waals surface area contributed by atoms with Crippen molar-refractivity contribution in [3.05, 3.63) is 0 Å². The molecular weight excluding hydrogens is 184 g/mol. The van der Waals surface area contributed by atoms with E-state index in [0.29, 0.717) is 0 Å². The van der Waals surface area contributed by atoms with E-state index in [9.17, 15) is 0 Å². The minimum atomic E-state index is 0.774. The zero-order valence-corrected chi connectivity index (χ0v) is 10.9. The van der Waals surface area contributed by atoms with Crippen LogP contribution in [0, 0.1) is 11.8 Å². The van der Waals surface area contributed by atoms with Crippen molar-refractivity contribution in [2.24, 2.45) is 11.8 Å². The maximum atomic E-state index is 3.73. The summed E-state index contributed by atoms with van der Waals surface area (Å²) in [6, 6.07) is 0.774. The first-order valence-corrected chi connectivity index (χ1v) is 6.49. The van der Waals surface area contributed by atoms with Crippen LogP contribution in [0.2, 0.25) is 0 Å². The topological polar surface area (TPSA) is 15.3 Å². The second kappa shape index (κ2) is 6.49. The predicted molar refractivity (Wildman–Crippen MR) is 67.1 cm³/mol. The molecule has 3 unspecified atom stereocenters. The lowest BCUT2D eigenvalue weighted by Crippen LogP contribution is -2.41. The van der Waals surface area contributed by atoms with Crippen molar-refractivity contribution in [3.63, 3.8) is 0 Å². The van der Waals surface area contributed by atoms with Crippen molar-refractivity contribution in [1.82, 2.24) is 10.2 Å². The fourth-order valence-corrected chi connectivity index (χ4v) is 2.55. The summed E-state index contributed by atoms with van der Waals surface area (Å²) >= 11 is 0. The summed E-state index contributed by atoms with van der Waals surface area (Å²) in [4.78, 5) is 2.26. The van der Waals surface area contributed by atoms with Gasteiger partial charge in [0.1, 0.15) is 0 Å². The van der Waals surface area contributed by atoms with Crippen molar-refractivity contribution in [2.45, 2.75) is 45.6 Å². The Kier molecular flexibility index (Phi) is 5.62. The molecule has 0 saturated heterocycles. The summed E-state index contributed by atoms with van der Waals surface area (Å²) in [5.41, 5.74) is 0. The smallest absolute Gasteiger partial charge is 0.00952 e. The van der Waals surface area contributed by atoms with E-state index in [1.807, 2.05) is 0 Å². The number of nitrogens with one attached hydrogen (secondary N) is 1. The summed E-state index contributed by atoms with van der Waals surface area (Å²) in [6.07, 6.45) is 5.49. The Labute approximate surface area is 95.4 Å². The molecule has 2 nitrogen and oxygen atoms in total. The van der Waals surface area contributed by atoms with Gasteiger partial charge >= 0.3 is 0 Å². The molecule has 0 aliphatic heterocycles. The lowest BCUT2D eigenvalue weighted by atomic mass is 9.78. The molecule has 90 valence electrons. The quantitative estimate of drug-likeness (QED) is 0.704. The molecule has 1 N–H and O–H groups in total. The van der Waals surface area contributed by atoms with Gasteiger partial charge in [0.15, 0.2) is 0 Å². The second-order valence-electron chi connectivity index (χ2n) is 5.48. The number of hydrogen-bond acceptors (Lipinski definition) is 2. The Morgan fingerprint density at radius 3 is 2.60 bits per heavy atom. The van der Waals surface area contributed by atoms with Crippen LogP contribution in [-0.4, -0.2) is 38.1 Å². The molecule has 0 heterocycles. The molecule has 1 saturated carbocycles. The first-order chi connectivity index (χ1) is 7.11. The van der Waals surface area contributed by atoms with Gasteiger partial charge in [-0.3, -0.25) is 0 Å². The fourth-order valence-electron chi connectivity index (χ4n) is 2.55. The third kappa shape index (κ3) is 4.52. The Morgan fingerprint density at radius 2 is 1.93 bits per heavy atom. The van der Waals surface area contributed by atoms with E-state index in [2.05, 4.69) is 38.2 Å². The normalized spacial score (nSPS) is 32.2. The van der Waals surface area contributed by atoms with Crippen molar-refractivity contribution in [2.75, 3.05) is 27.2 Å². The van der Waals surface area contributed by atoms with E-state index in [1.165, 1.54) is 38.8 Å². The zero-order valence-electron chi connectivity index (χ0n) is 10.9. The lowest BCUT2D eigenvalue weighted by Gasteiger charge is -2.34. The number of hydrogen-bond donors (Lipinski definition) is 1. The molecule has 0 spiro atoms. The summed E-state index contributed by atoms with van der Waals surface area (Å²) < 4.78 is 0. The molecular formula is C13H28N2. The van der Waals surface area contributed by atoms with Crippen LogP contribution in [0.4, 0.5) is 0 Å². The maximum Gasteiger partial charge on any atom is 0.00952 e. The predicted octanol–water partition coefficient (Wildman–Crippen LogP) is 2.35. The molecule has 0 aromatic heterocycles. The van der Waals surface area contributed by atoms with E-state index in [-0.39, 0.29) is 0 Å². The summed E-state index contributed by atoms with van der Waals surface area (Å²) in [6.45, 7) is 7.19. The van der Waals surface area contributed by atoms with Crippen molar-refractivity contribution in [3.8, 4) is 0 Å². The van der Waals surface area contributed by atoms with E-state index in [1.54, 1.807) is 0 Å². The minimum Gasteiger partial charge on any atom is -0.314 e. The van der Waals surface area contributed by atoms with Crippen molar-refractivity contribution >= 4 is 0 Å². The highest BCUT2D eigenvalue weighted by Crippen LogP contribution is 2.29. The fraction of sp³-hybridized carbons (Fsp3) is 1.00. The molecule has 2 heteroatoms. The summed E-state index contributed by atoms with van der Waals surface area (Å²) in [5.74, 6) is 1.77. The first kappa shape index (κ1) is 13.0. The van der Waals surface area contributed by atoms with Crippen LogP contribution in [-0.2, 0) is 0 Å². The number of nitrogens with zero attached hydrogens (tertiary/aromatic N) is 1. The molecule has 0 aromatic rings. The Bertz CT molecular complexity index is 168. The molecule has 3 atom stereocenters. The van der Waals surface area contributed by atoms with Crippen LogP contribution in [0.1, 0.15) is 39.5 Å². The van der Waals surface area contributed by atoms with Gasteiger partial charge < -0.3 is 10.2 Å². The molecule has 1 aliphatic carbocycles. The molecule has 15 heavy (non-hydrogen) atoms. The largest absolute Gasteiger partial charge is 0.314 e. The van der Waals surface area contributed by atoms with Crippen molar-refractivity contribution < 1.29 is 0 Å². The maximum absolute atomic E-state index is 3.73. The molecule has 0 radical (unpaired) electrons. The van der Waals surface area contributed by atoms with Crippen molar-refractivity contribution in [1.29, 1.82) is 0 Å². The second-order valence-corrected chi connectivity index (χ2v) is 5.48. The third-order valence-electron chi connectivity index (χ3n) is 3.90. The van der Waals surface area contributed by atoms with Crippen LogP contribution in [0.3, 0.4) is 0 Å². The molecule has 1 fully saturated rings. The zero-order chi connectivity index (χ0) is 11.3. The molecule has 0 bridgehead atoms. The van der Waals surface area contributed by atoms with Crippen LogP contribution in [0.5, 0.6) is 0 Å². The molecule has 0 amide bonds. The Morgan fingerprint density at radius 1 is 1.20 bits per heavy atom. The number of rotatable bonds is 5. The first-order valence-electron chi connectivity index (χ1n) is 6.49. The highest BCUT2D eigenvalue weighted by Gasteiger charge is 2.26. The van der Waals surface area contributed by atoms with Gasteiger partial charge in [0.2, 0.25) is 0 Å². The highest BCUT2D eigenvalue weighted by molar-refractivity contribution is 4.82. The standard InChI is InChI=1S/C13H28N2/c1-11-7-5-8-13(12(11)2)14-9-6-10-15(3)4/h11-14H,5-10H2,1-4H3. The lowest BCUT2D eigenvalue weighted by molar-refractivity contribution is 0.205. The molecule has 0 aromatic carbocycles. The van der Waals surface area contributed by atoms with Gasteiger partial charge in [-0.2, -0.15) is 0 Å². The van der Waals surface area contributed by atoms with Gasteiger partial charge in [-0.25, -0.2) is 0 Å². The van der Waals surface area contributed by atoms with Gasteiger partial charge in [-0.15, -0.1) is 0 Å². The van der Waals surface area contributed by atoms with Crippen LogP contribution in [0.15, 0.2) is 0 Å². The summed E-state index contributed by atoms with van der Waals surface area (Å²) in [5, 5.41) is 3.73. The third-order valence-corrected chi connectivity index (χ3v) is 3.90. The van der Waals surface area contributed by atoms with Gasteiger partial charge in [-0.05, 0) is 51.9 Å². The molecule has 1 rings (SSSR count). The van der Waals surface area contributed by atoms with Crippen LogP contribution < -0.4 is 5.32 Å².